The zero-order valence-electron chi connectivity index (χ0n) is 15.8. The summed E-state index contributed by atoms with van der Waals surface area (Å²) < 4.78 is 24.5. The van der Waals surface area contributed by atoms with Crippen molar-refractivity contribution in [1.29, 1.82) is 0 Å². The molecule has 5 nitrogen and oxygen atoms in total. The third-order valence-electron chi connectivity index (χ3n) is 4.60. The summed E-state index contributed by atoms with van der Waals surface area (Å²) in [6.45, 7) is 14.1. The zero-order chi connectivity index (χ0) is 17.8. The van der Waals surface area contributed by atoms with E-state index in [-0.39, 0.29) is 11.7 Å². The maximum Gasteiger partial charge on any atom is 0.518 e. The molecule has 0 bridgehead atoms. The lowest BCUT2D eigenvalue weighted by Crippen LogP contribution is -2.41. The zero-order valence-corrected chi connectivity index (χ0v) is 15.8. The molecule has 1 saturated heterocycles. The van der Waals surface area contributed by atoms with Crippen molar-refractivity contribution in [3.63, 3.8) is 0 Å². The van der Waals surface area contributed by atoms with Crippen molar-refractivity contribution in [2.24, 2.45) is 0 Å². The smallest absolute Gasteiger partial charge is 0.486 e. The number of aromatic nitrogens is 1. The van der Waals surface area contributed by atoms with Crippen LogP contribution in [0.5, 0.6) is 11.5 Å². The lowest BCUT2D eigenvalue weighted by Gasteiger charge is -2.32. The van der Waals surface area contributed by atoms with Gasteiger partial charge in [-0.15, -0.1) is 0 Å². The van der Waals surface area contributed by atoms with Crippen molar-refractivity contribution in [2.45, 2.75) is 84.2 Å². The van der Waals surface area contributed by atoms with Crippen molar-refractivity contribution in [3.8, 4) is 11.5 Å². The SMILES string of the molecule is CC(C)(C)Oc1c(OC2CC2)ccnc1B1OC(C)(C)C(C)(C)O1. The van der Waals surface area contributed by atoms with Gasteiger partial charge < -0.3 is 18.8 Å². The van der Waals surface area contributed by atoms with Gasteiger partial charge in [-0.3, -0.25) is 4.98 Å². The summed E-state index contributed by atoms with van der Waals surface area (Å²) in [5.74, 6) is 1.34. The van der Waals surface area contributed by atoms with Crippen LogP contribution in [-0.4, -0.2) is 35.0 Å². The highest BCUT2D eigenvalue weighted by Gasteiger charge is 2.53. The summed E-state index contributed by atoms with van der Waals surface area (Å²) in [6.07, 6.45) is 4.18. The van der Waals surface area contributed by atoms with Crippen LogP contribution in [0, 0.1) is 0 Å². The van der Waals surface area contributed by atoms with E-state index in [1.807, 2.05) is 54.5 Å². The summed E-state index contributed by atoms with van der Waals surface area (Å²) in [7, 11) is -0.574. The summed E-state index contributed by atoms with van der Waals surface area (Å²) >= 11 is 0. The molecule has 1 aliphatic carbocycles. The molecule has 1 aromatic heterocycles. The molecule has 3 rings (SSSR count). The van der Waals surface area contributed by atoms with Gasteiger partial charge >= 0.3 is 7.12 Å². The molecule has 1 saturated carbocycles. The van der Waals surface area contributed by atoms with Crippen molar-refractivity contribution >= 4 is 12.7 Å². The molecule has 6 heteroatoms. The van der Waals surface area contributed by atoms with Gasteiger partial charge in [0, 0.05) is 12.3 Å². The Kier molecular flexibility index (Phi) is 4.12. The Balaban J connectivity index is 1.97. The number of rotatable bonds is 4. The lowest BCUT2D eigenvalue weighted by atomic mass is 9.83. The number of ether oxygens (including phenoxy) is 2. The van der Waals surface area contributed by atoms with Gasteiger partial charge in [-0.05, 0) is 61.3 Å². The molecule has 0 aromatic carbocycles. The van der Waals surface area contributed by atoms with E-state index >= 15 is 0 Å². The van der Waals surface area contributed by atoms with E-state index in [4.69, 9.17) is 18.8 Å². The number of pyridine rings is 1. The lowest BCUT2D eigenvalue weighted by molar-refractivity contribution is 0.00578. The maximum atomic E-state index is 6.19. The monoisotopic (exact) mass is 333 g/mol. The number of hydrogen-bond donors (Lipinski definition) is 0. The van der Waals surface area contributed by atoms with E-state index in [2.05, 4.69) is 4.98 Å². The molecule has 2 heterocycles. The fourth-order valence-electron chi connectivity index (χ4n) is 2.44. The fourth-order valence-corrected chi connectivity index (χ4v) is 2.44. The number of hydrogen-bond acceptors (Lipinski definition) is 5. The largest absolute Gasteiger partial charge is 0.518 e. The first-order chi connectivity index (χ1) is 11.0. The molecule has 0 N–H and O–H groups in total. The Morgan fingerprint density at radius 1 is 1.12 bits per heavy atom. The van der Waals surface area contributed by atoms with Crippen molar-refractivity contribution in [3.05, 3.63) is 12.3 Å². The third-order valence-corrected chi connectivity index (χ3v) is 4.60. The molecule has 1 aromatic rings. The summed E-state index contributed by atoms with van der Waals surface area (Å²) in [6, 6.07) is 1.86. The highest BCUT2D eigenvalue weighted by molar-refractivity contribution is 6.62. The van der Waals surface area contributed by atoms with Crippen molar-refractivity contribution in [2.75, 3.05) is 0 Å². The van der Waals surface area contributed by atoms with Gasteiger partial charge in [0.05, 0.1) is 17.3 Å². The summed E-state index contributed by atoms with van der Waals surface area (Å²) in [4.78, 5) is 4.51. The number of nitrogens with zero attached hydrogens (tertiary/aromatic N) is 1. The van der Waals surface area contributed by atoms with Crippen LogP contribution in [0.15, 0.2) is 12.3 Å². The van der Waals surface area contributed by atoms with Gasteiger partial charge in [-0.25, -0.2) is 0 Å². The van der Waals surface area contributed by atoms with Crippen LogP contribution in [0.1, 0.15) is 61.3 Å². The Labute approximate surface area is 145 Å². The Morgan fingerprint density at radius 2 is 1.71 bits per heavy atom. The van der Waals surface area contributed by atoms with Gasteiger partial charge in [0.25, 0.3) is 0 Å². The molecular formula is C18H28BNO4. The summed E-state index contributed by atoms with van der Waals surface area (Å²) in [5.41, 5.74) is -0.581. The Morgan fingerprint density at radius 3 is 2.21 bits per heavy atom. The molecule has 0 radical (unpaired) electrons. The van der Waals surface area contributed by atoms with Crippen molar-refractivity contribution < 1.29 is 18.8 Å². The van der Waals surface area contributed by atoms with Crippen LogP contribution in [0.4, 0.5) is 0 Å². The highest BCUT2D eigenvalue weighted by atomic mass is 16.7. The molecule has 24 heavy (non-hydrogen) atoms. The van der Waals surface area contributed by atoms with Crippen molar-refractivity contribution in [1.82, 2.24) is 4.98 Å². The second kappa shape index (κ2) is 5.63. The standard InChI is InChI=1S/C18H28BNO4/c1-16(2,3)22-14-13(21-12-8-9-12)10-11-20-15(14)19-23-17(4,5)18(6,7)24-19/h10-12H,8-9H2,1-7H3. The van der Waals surface area contributed by atoms with Gasteiger partial charge in [0.15, 0.2) is 11.5 Å². The molecule has 0 amide bonds. The average Bonchev–Trinajstić information content (AvgIpc) is 3.17. The maximum absolute atomic E-state index is 6.19. The predicted molar refractivity (Wildman–Crippen MR) is 94.0 cm³/mol. The average molecular weight is 333 g/mol. The van der Waals surface area contributed by atoms with E-state index in [0.717, 1.165) is 12.8 Å². The molecule has 0 atom stereocenters. The molecule has 0 unspecified atom stereocenters. The quantitative estimate of drug-likeness (QED) is 0.793. The van der Waals surface area contributed by atoms with E-state index in [1.165, 1.54) is 0 Å². The van der Waals surface area contributed by atoms with Crippen LogP contribution in [0.3, 0.4) is 0 Å². The van der Waals surface area contributed by atoms with Crippen LogP contribution in [-0.2, 0) is 9.31 Å². The molecular weight excluding hydrogens is 305 g/mol. The van der Waals surface area contributed by atoms with Gasteiger partial charge in [0.2, 0.25) is 0 Å². The second-order valence-corrected chi connectivity index (χ2v) is 8.64. The Bertz CT molecular complexity index is 604. The minimum absolute atomic E-state index is 0.279. The minimum atomic E-state index is -0.574. The van der Waals surface area contributed by atoms with E-state index in [9.17, 15) is 0 Å². The fraction of sp³-hybridized carbons (Fsp3) is 0.722. The minimum Gasteiger partial charge on any atom is -0.486 e. The second-order valence-electron chi connectivity index (χ2n) is 8.64. The molecule has 1 aliphatic heterocycles. The van der Waals surface area contributed by atoms with Crippen LogP contribution >= 0.6 is 0 Å². The van der Waals surface area contributed by atoms with Crippen LogP contribution < -0.4 is 15.1 Å². The highest BCUT2D eigenvalue weighted by Crippen LogP contribution is 2.39. The van der Waals surface area contributed by atoms with Crippen LogP contribution in [0.2, 0.25) is 0 Å². The van der Waals surface area contributed by atoms with Gasteiger partial charge in [-0.1, -0.05) is 0 Å². The van der Waals surface area contributed by atoms with E-state index in [1.54, 1.807) is 6.20 Å². The third kappa shape index (κ3) is 3.54. The normalized spacial score (nSPS) is 22.5. The van der Waals surface area contributed by atoms with Gasteiger partial charge in [-0.2, -0.15) is 0 Å². The first-order valence-corrected chi connectivity index (χ1v) is 8.69. The predicted octanol–water partition coefficient (Wildman–Crippen LogP) is 3.10. The molecule has 2 aliphatic rings. The first-order valence-electron chi connectivity index (χ1n) is 8.69. The van der Waals surface area contributed by atoms with Crippen LogP contribution in [0.25, 0.3) is 0 Å². The topological polar surface area (TPSA) is 49.8 Å². The molecule has 2 fully saturated rings. The van der Waals surface area contributed by atoms with Gasteiger partial charge in [0.1, 0.15) is 11.2 Å². The molecule has 132 valence electrons. The van der Waals surface area contributed by atoms with E-state index in [0.29, 0.717) is 17.1 Å². The molecule has 0 spiro atoms. The Hall–Kier alpha value is -1.27. The summed E-state index contributed by atoms with van der Waals surface area (Å²) in [5, 5.41) is 0. The first kappa shape index (κ1) is 17.6. The van der Waals surface area contributed by atoms with E-state index < -0.39 is 18.3 Å².